The van der Waals surface area contributed by atoms with Gasteiger partial charge in [-0.05, 0) is 71.3 Å². The van der Waals surface area contributed by atoms with Crippen LogP contribution in [0.15, 0.2) is 12.2 Å². The topological polar surface area (TPSA) is 55.9 Å². The minimum absolute atomic E-state index is 0.0303. The van der Waals surface area contributed by atoms with E-state index in [0.29, 0.717) is 18.4 Å². The highest BCUT2D eigenvalue weighted by Gasteiger charge is 2.41. The van der Waals surface area contributed by atoms with Gasteiger partial charge in [-0.2, -0.15) is 0 Å². The van der Waals surface area contributed by atoms with E-state index in [1.807, 2.05) is 11.8 Å². The van der Waals surface area contributed by atoms with Crippen molar-refractivity contribution in [3.05, 3.63) is 12.2 Å². The first-order valence-electron chi connectivity index (χ1n) is 10.5. The highest BCUT2D eigenvalue weighted by molar-refractivity contribution is 5.95. The van der Waals surface area contributed by atoms with Crippen molar-refractivity contribution in [1.82, 2.24) is 20.0 Å². The molecule has 0 aromatic rings. The van der Waals surface area contributed by atoms with E-state index in [2.05, 4.69) is 42.7 Å². The lowest BCUT2D eigenvalue weighted by molar-refractivity contribution is -0.119. The Bertz CT molecular complexity index is 534. The molecule has 0 aromatic heterocycles. The van der Waals surface area contributed by atoms with Gasteiger partial charge >= 0.3 is 6.03 Å². The van der Waals surface area contributed by atoms with Crippen LogP contribution in [0, 0.1) is 5.92 Å². The van der Waals surface area contributed by atoms with Gasteiger partial charge in [-0.3, -0.25) is 9.69 Å². The number of carbonyl (C=O) groups excluding carboxylic acids is 2. The molecule has 27 heavy (non-hydrogen) atoms. The van der Waals surface area contributed by atoms with Crippen molar-refractivity contribution in [2.24, 2.45) is 5.92 Å². The van der Waals surface area contributed by atoms with Crippen LogP contribution < -0.4 is 5.32 Å². The number of Topliss-reactive ketones (excluding diaryl/α,β-unsaturated/α-hetero) is 1. The number of fused-ring (bicyclic) bond motifs is 1. The zero-order valence-corrected chi connectivity index (χ0v) is 17.7. The van der Waals surface area contributed by atoms with Crippen LogP contribution in [0.4, 0.5) is 4.79 Å². The number of ketones is 1. The lowest BCUT2D eigenvalue weighted by Crippen LogP contribution is -2.59. The number of carbonyl (C=O) groups is 2. The van der Waals surface area contributed by atoms with Gasteiger partial charge < -0.3 is 15.1 Å². The first kappa shape index (κ1) is 21.9. The van der Waals surface area contributed by atoms with E-state index in [-0.39, 0.29) is 17.9 Å². The van der Waals surface area contributed by atoms with Crippen LogP contribution in [0.25, 0.3) is 0 Å². The average Bonchev–Trinajstić information content (AvgIpc) is 2.60. The number of piperidine rings is 1. The molecule has 0 radical (unpaired) electrons. The average molecular weight is 379 g/mol. The van der Waals surface area contributed by atoms with E-state index >= 15 is 0 Å². The molecule has 1 heterocycles. The molecule has 0 unspecified atom stereocenters. The van der Waals surface area contributed by atoms with Gasteiger partial charge in [0.2, 0.25) is 0 Å². The minimum atomic E-state index is 0.0303. The highest BCUT2D eigenvalue weighted by Crippen LogP contribution is 2.35. The van der Waals surface area contributed by atoms with E-state index in [9.17, 15) is 9.59 Å². The van der Waals surface area contributed by atoms with Crippen LogP contribution in [0.1, 0.15) is 46.0 Å². The monoisotopic (exact) mass is 378 g/mol. The number of hydrogen-bond donors (Lipinski definition) is 1. The number of likely N-dealkylation sites (tertiary alicyclic amines) is 1. The van der Waals surface area contributed by atoms with Crippen molar-refractivity contribution >= 4 is 11.8 Å². The van der Waals surface area contributed by atoms with Crippen LogP contribution in [0.3, 0.4) is 0 Å². The van der Waals surface area contributed by atoms with Crippen LogP contribution in [-0.2, 0) is 4.79 Å². The van der Waals surface area contributed by atoms with Crippen molar-refractivity contribution in [3.8, 4) is 0 Å². The molecule has 1 aliphatic carbocycles. The molecule has 2 rings (SSSR count). The lowest BCUT2D eigenvalue weighted by Gasteiger charge is -2.47. The Morgan fingerprint density at radius 1 is 1.26 bits per heavy atom. The molecule has 1 saturated carbocycles. The standard InChI is InChI=1S/C21H38N4O2/c1-6-9-25-15-18(13-17-14-20(26)16(3)12-19(17)25)22-21(27)24(7-2)11-8-10-23(4)5/h17-19H,3,6-15H2,1-2,4-5H3,(H,22,27)/t17-,18+,19-/m1/s1. The van der Waals surface area contributed by atoms with E-state index in [1.165, 1.54) is 0 Å². The van der Waals surface area contributed by atoms with Gasteiger partial charge in [0.05, 0.1) is 0 Å². The van der Waals surface area contributed by atoms with Gasteiger partial charge in [0.25, 0.3) is 0 Å². The molecule has 0 spiro atoms. The molecule has 0 aromatic carbocycles. The second kappa shape index (κ2) is 10.2. The predicted molar refractivity (Wildman–Crippen MR) is 110 cm³/mol. The molecular weight excluding hydrogens is 340 g/mol. The van der Waals surface area contributed by atoms with Crippen molar-refractivity contribution in [3.63, 3.8) is 0 Å². The molecule has 1 aliphatic heterocycles. The first-order chi connectivity index (χ1) is 12.8. The van der Waals surface area contributed by atoms with E-state index < -0.39 is 0 Å². The Morgan fingerprint density at radius 3 is 2.63 bits per heavy atom. The molecule has 3 atom stereocenters. The summed E-state index contributed by atoms with van der Waals surface area (Å²) in [4.78, 5) is 31.4. The van der Waals surface area contributed by atoms with E-state index in [4.69, 9.17) is 0 Å². The molecule has 1 saturated heterocycles. The number of nitrogens with one attached hydrogen (secondary N) is 1. The van der Waals surface area contributed by atoms with Crippen LogP contribution in [-0.4, -0.2) is 85.4 Å². The van der Waals surface area contributed by atoms with Crippen molar-refractivity contribution < 1.29 is 9.59 Å². The molecule has 6 heteroatoms. The molecule has 2 aliphatic rings. The maximum absolute atomic E-state index is 12.8. The summed E-state index contributed by atoms with van der Waals surface area (Å²) >= 11 is 0. The summed E-state index contributed by atoms with van der Waals surface area (Å²) in [6, 6.07) is 0.556. The van der Waals surface area contributed by atoms with Crippen LogP contribution in [0.5, 0.6) is 0 Å². The van der Waals surface area contributed by atoms with Gasteiger partial charge in [-0.25, -0.2) is 4.79 Å². The summed E-state index contributed by atoms with van der Waals surface area (Å²) in [5.41, 5.74) is 0.776. The van der Waals surface area contributed by atoms with E-state index in [1.54, 1.807) is 0 Å². The summed E-state index contributed by atoms with van der Waals surface area (Å²) in [5.74, 6) is 0.538. The maximum Gasteiger partial charge on any atom is 0.317 e. The van der Waals surface area contributed by atoms with Crippen molar-refractivity contribution in [2.45, 2.75) is 58.0 Å². The fourth-order valence-corrected chi connectivity index (χ4v) is 4.47. The Labute approximate surface area is 164 Å². The minimum Gasteiger partial charge on any atom is -0.334 e. The highest BCUT2D eigenvalue weighted by atomic mass is 16.2. The number of nitrogens with zero attached hydrogens (tertiary/aromatic N) is 3. The quantitative estimate of drug-likeness (QED) is 0.659. The zero-order valence-electron chi connectivity index (χ0n) is 17.7. The lowest BCUT2D eigenvalue weighted by atomic mass is 9.74. The third-order valence-electron chi connectivity index (χ3n) is 5.89. The summed E-state index contributed by atoms with van der Waals surface area (Å²) < 4.78 is 0. The third kappa shape index (κ3) is 6.04. The Hall–Kier alpha value is -1.40. The van der Waals surface area contributed by atoms with Gasteiger partial charge in [-0.1, -0.05) is 13.5 Å². The Morgan fingerprint density at radius 2 is 2.00 bits per heavy atom. The second-order valence-electron chi connectivity index (χ2n) is 8.38. The number of amides is 2. The number of rotatable bonds is 8. The fraction of sp³-hybridized carbons (Fsp3) is 0.810. The largest absolute Gasteiger partial charge is 0.334 e. The SMILES string of the molecule is C=C1C[C@@H]2[C@@H](CC1=O)C[C@H](NC(=O)N(CC)CCCN(C)C)CN2CCC. The molecule has 1 N–H and O–H groups in total. The normalized spacial score (nSPS) is 26.2. The van der Waals surface area contributed by atoms with Crippen LogP contribution >= 0.6 is 0 Å². The van der Waals surface area contributed by atoms with Gasteiger partial charge in [-0.15, -0.1) is 0 Å². The summed E-state index contributed by atoms with van der Waals surface area (Å²) in [5, 5.41) is 3.25. The second-order valence-corrected chi connectivity index (χ2v) is 8.38. The molecule has 154 valence electrons. The number of urea groups is 1. The van der Waals surface area contributed by atoms with Crippen LogP contribution in [0.2, 0.25) is 0 Å². The summed E-state index contributed by atoms with van der Waals surface area (Å²) in [7, 11) is 4.11. The fourth-order valence-electron chi connectivity index (χ4n) is 4.47. The summed E-state index contributed by atoms with van der Waals surface area (Å²) in [6.07, 6.45) is 4.31. The van der Waals surface area contributed by atoms with Crippen molar-refractivity contribution in [2.75, 3.05) is 46.8 Å². The number of hydrogen-bond acceptors (Lipinski definition) is 4. The Kier molecular flexibility index (Phi) is 8.29. The molecular formula is C21H38N4O2. The van der Waals surface area contributed by atoms with E-state index in [0.717, 1.165) is 64.0 Å². The molecule has 2 amide bonds. The maximum atomic E-state index is 12.8. The molecule has 0 bridgehead atoms. The van der Waals surface area contributed by atoms with Gasteiger partial charge in [0, 0.05) is 38.1 Å². The smallest absolute Gasteiger partial charge is 0.317 e. The van der Waals surface area contributed by atoms with Gasteiger partial charge in [0.15, 0.2) is 5.78 Å². The molecule has 6 nitrogen and oxygen atoms in total. The molecule has 2 fully saturated rings. The van der Waals surface area contributed by atoms with Gasteiger partial charge in [0.1, 0.15) is 0 Å². The van der Waals surface area contributed by atoms with Crippen molar-refractivity contribution in [1.29, 1.82) is 0 Å². The first-order valence-corrected chi connectivity index (χ1v) is 10.5. The Balaban J connectivity index is 1.95. The predicted octanol–water partition coefficient (Wildman–Crippen LogP) is 2.36. The zero-order chi connectivity index (χ0) is 20.0. The third-order valence-corrected chi connectivity index (χ3v) is 5.89. The summed E-state index contributed by atoms with van der Waals surface area (Å²) in [6.45, 7) is 12.5.